The molecule has 20 heavy (non-hydrogen) atoms. The maximum atomic E-state index is 10.7. The molecule has 1 aromatic heterocycles. The average molecular weight is 294 g/mol. The van der Waals surface area contributed by atoms with Crippen LogP contribution in [-0.4, -0.2) is 26.2 Å². The number of phenolic OH excluding ortho intramolecular Hbond substituents is 1. The number of hydrogen-bond donors (Lipinski definition) is 3. The van der Waals surface area contributed by atoms with Gasteiger partial charge in [0.1, 0.15) is 11.6 Å². The van der Waals surface area contributed by atoms with Crippen LogP contribution in [0.25, 0.3) is 0 Å². The third-order valence-corrected chi connectivity index (χ3v) is 2.68. The van der Waals surface area contributed by atoms with E-state index in [1.54, 1.807) is 25.1 Å². The van der Waals surface area contributed by atoms with Gasteiger partial charge < -0.3 is 15.5 Å². The fraction of sp³-hybridized carbons (Fsp3) is 0.154. The first-order chi connectivity index (χ1) is 9.44. The van der Waals surface area contributed by atoms with E-state index in [4.69, 9.17) is 16.7 Å². The van der Waals surface area contributed by atoms with Crippen molar-refractivity contribution in [2.45, 2.75) is 13.3 Å². The van der Waals surface area contributed by atoms with Gasteiger partial charge >= 0.3 is 5.97 Å². The highest BCUT2D eigenvalue weighted by Gasteiger charge is 2.08. The lowest BCUT2D eigenvalue weighted by molar-refractivity contribution is -0.136. The maximum absolute atomic E-state index is 10.7. The monoisotopic (exact) mass is 293 g/mol. The van der Waals surface area contributed by atoms with Crippen molar-refractivity contribution in [2.24, 2.45) is 0 Å². The molecule has 0 fully saturated rings. The molecular formula is C13H12ClN3O3. The molecule has 2 rings (SSSR count). The Morgan fingerprint density at radius 2 is 2.10 bits per heavy atom. The average Bonchev–Trinajstić information content (AvgIpc) is 2.31. The number of benzene rings is 1. The Morgan fingerprint density at radius 1 is 1.35 bits per heavy atom. The minimum absolute atomic E-state index is 0.00785. The number of aliphatic carboxylic acids is 1. The number of halogens is 1. The molecule has 0 amide bonds. The highest BCUT2D eigenvalue weighted by atomic mass is 35.5. The summed E-state index contributed by atoms with van der Waals surface area (Å²) in [5.74, 6) is -0.528. The molecule has 0 aliphatic carbocycles. The van der Waals surface area contributed by atoms with Gasteiger partial charge in [-0.2, -0.15) is 0 Å². The van der Waals surface area contributed by atoms with E-state index in [0.29, 0.717) is 22.8 Å². The number of aromatic hydroxyl groups is 1. The van der Waals surface area contributed by atoms with Crippen molar-refractivity contribution in [1.82, 2.24) is 9.97 Å². The number of carboxylic acids is 1. The first kappa shape index (κ1) is 14.1. The van der Waals surface area contributed by atoms with Crippen molar-refractivity contribution in [3.8, 4) is 5.75 Å². The summed E-state index contributed by atoms with van der Waals surface area (Å²) in [5, 5.41) is 21.5. The standard InChI is InChI=1S/C13H12ClN3O3/c1-7-4-11(17-13(14)15-7)16-9-5-8(6-12(19)20)2-3-10(9)18/h2-5,18H,6H2,1H3,(H,19,20)(H,15,16,17). The van der Waals surface area contributed by atoms with Crippen LogP contribution in [0.3, 0.4) is 0 Å². The molecule has 1 aromatic carbocycles. The number of carboxylic acid groups (broad SMARTS) is 1. The first-order valence-electron chi connectivity index (χ1n) is 5.76. The summed E-state index contributed by atoms with van der Waals surface area (Å²) in [6, 6.07) is 6.19. The van der Waals surface area contributed by atoms with Crippen molar-refractivity contribution in [3.63, 3.8) is 0 Å². The number of anilines is 2. The van der Waals surface area contributed by atoms with Crippen LogP contribution in [0.4, 0.5) is 11.5 Å². The van der Waals surface area contributed by atoms with Crippen LogP contribution in [0, 0.1) is 6.92 Å². The summed E-state index contributed by atoms with van der Waals surface area (Å²) in [5.41, 5.74) is 1.60. The molecule has 6 nitrogen and oxygen atoms in total. The Kier molecular flexibility index (Phi) is 4.05. The number of nitrogens with one attached hydrogen (secondary N) is 1. The molecule has 3 N–H and O–H groups in total. The van der Waals surface area contributed by atoms with E-state index >= 15 is 0 Å². The second-order valence-corrected chi connectivity index (χ2v) is 4.55. The molecule has 0 aliphatic rings. The second kappa shape index (κ2) is 5.75. The Hall–Kier alpha value is -2.34. The summed E-state index contributed by atoms with van der Waals surface area (Å²) >= 11 is 5.75. The first-order valence-corrected chi connectivity index (χ1v) is 6.14. The summed E-state index contributed by atoms with van der Waals surface area (Å²) in [7, 11) is 0. The van der Waals surface area contributed by atoms with Crippen molar-refractivity contribution in [2.75, 3.05) is 5.32 Å². The van der Waals surface area contributed by atoms with E-state index in [9.17, 15) is 9.90 Å². The van der Waals surface area contributed by atoms with E-state index in [1.807, 2.05) is 0 Å². The molecule has 0 spiro atoms. The van der Waals surface area contributed by atoms with Crippen molar-refractivity contribution in [3.05, 3.63) is 40.8 Å². The van der Waals surface area contributed by atoms with Crippen LogP contribution in [-0.2, 0) is 11.2 Å². The lowest BCUT2D eigenvalue weighted by Gasteiger charge is -2.10. The van der Waals surface area contributed by atoms with Gasteiger partial charge in [-0.15, -0.1) is 0 Å². The van der Waals surface area contributed by atoms with Crippen LogP contribution in [0.15, 0.2) is 24.3 Å². The van der Waals surface area contributed by atoms with E-state index in [-0.39, 0.29) is 17.5 Å². The van der Waals surface area contributed by atoms with Gasteiger partial charge in [0.25, 0.3) is 0 Å². The normalized spacial score (nSPS) is 10.3. The van der Waals surface area contributed by atoms with E-state index < -0.39 is 5.97 Å². The third kappa shape index (κ3) is 3.58. The molecule has 2 aromatic rings. The largest absolute Gasteiger partial charge is 0.506 e. The number of nitrogens with zero attached hydrogens (tertiary/aromatic N) is 2. The van der Waals surface area contributed by atoms with Crippen LogP contribution < -0.4 is 5.32 Å². The van der Waals surface area contributed by atoms with Gasteiger partial charge in [-0.3, -0.25) is 4.79 Å². The molecule has 0 bridgehead atoms. The van der Waals surface area contributed by atoms with Crippen LogP contribution >= 0.6 is 11.6 Å². The number of rotatable bonds is 4. The molecule has 0 saturated carbocycles. The summed E-state index contributed by atoms with van der Waals surface area (Å²) in [4.78, 5) is 18.6. The molecule has 0 aliphatic heterocycles. The van der Waals surface area contributed by atoms with Crippen LogP contribution in [0.1, 0.15) is 11.3 Å². The number of hydrogen-bond acceptors (Lipinski definition) is 5. The van der Waals surface area contributed by atoms with E-state index in [2.05, 4.69) is 15.3 Å². The molecule has 0 radical (unpaired) electrons. The summed E-state index contributed by atoms with van der Waals surface area (Å²) < 4.78 is 0. The predicted octanol–water partition coefficient (Wildman–Crippen LogP) is 2.51. The highest BCUT2D eigenvalue weighted by Crippen LogP contribution is 2.27. The second-order valence-electron chi connectivity index (χ2n) is 4.21. The maximum Gasteiger partial charge on any atom is 0.307 e. The smallest absolute Gasteiger partial charge is 0.307 e. The summed E-state index contributed by atoms with van der Waals surface area (Å²) in [6.07, 6.45) is -0.126. The number of aryl methyl sites for hydroxylation is 1. The van der Waals surface area contributed by atoms with Gasteiger partial charge in [-0.05, 0) is 36.2 Å². The quantitative estimate of drug-likeness (QED) is 0.592. The zero-order valence-corrected chi connectivity index (χ0v) is 11.3. The third-order valence-electron chi connectivity index (χ3n) is 2.51. The number of aromatic nitrogens is 2. The Balaban J connectivity index is 2.29. The molecule has 0 saturated heterocycles. The zero-order chi connectivity index (χ0) is 14.7. The Bertz CT molecular complexity index is 641. The fourth-order valence-corrected chi connectivity index (χ4v) is 1.93. The van der Waals surface area contributed by atoms with Gasteiger partial charge in [0.2, 0.25) is 5.28 Å². The molecule has 1 heterocycles. The summed E-state index contributed by atoms with van der Waals surface area (Å²) in [6.45, 7) is 1.76. The van der Waals surface area contributed by atoms with Crippen molar-refractivity contribution >= 4 is 29.1 Å². The predicted molar refractivity (Wildman–Crippen MR) is 74.5 cm³/mol. The Morgan fingerprint density at radius 3 is 2.75 bits per heavy atom. The van der Waals surface area contributed by atoms with Gasteiger partial charge in [0.15, 0.2) is 0 Å². The van der Waals surface area contributed by atoms with Gasteiger partial charge in [0, 0.05) is 11.8 Å². The molecule has 0 atom stereocenters. The van der Waals surface area contributed by atoms with Crippen molar-refractivity contribution < 1.29 is 15.0 Å². The lowest BCUT2D eigenvalue weighted by Crippen LogP contribution is -2.01. The Labute approximate surface area is 120 Å². The molecule has 7 heteroatoms. The number of carbonyl (C=O) groups is 1. The minimum Gasteiger partial charge on any atom is -0.506 e. The topological polar surface area (TPSA) is 95.3 Å². The number of phenols is 1. The fourth-order valence-electron chi connectivity index (χ4n) is 1.70. The zero-order valence-electron chi connectivity index (χ0n) is 10.6. The SMILES string of the molecule is Cc1cc(Nc2cc(CC(=O)O)ccc2O)nc(Cl)n1. The van der Waals surface area contributed by atoms with Gasteiger partial charge in [-0.1, -0.05) is 6.07 Å². The van der Waals surface area contributed by atoms with E-state index in [0.717, 1.165) is 0 Å². The van der Waals surface area contributed by atoms with Crippen LogP contribution in [0.2, 0.25) is 5.28 Å². The molecule has 104 valence electrons. The van der Waals surface area contributed by atoms with Gasteiger partial charge in [-0.25, -0.2) is 9.97 Å². The minimum atomic E-state index is -0.942. The van der Waals surface area contributed by atoms with Crippen molar-refractivity contribution in [1.29, 1.82) is 0 Å². The van der Waals surface area contributed by atoms with Gasteiger partial charge in [0.05, 0.1) is 12.1 Å². The highest BCUT2D eigenvalue weighted by molar-refractivity contribution is 6.28. The lowest BCUT2D eigenvalue weighted by atomic mass is 10.1. The van der Waals surface area contributed by atoms with Crippen LogP contribution in [0.5, 0.6) is 5.75 Å². The van der Waals surface area contributed by atoms with E-state index in [1.165, 1.54) is 6.07 Å². The molecule has 0 unspecified atom stereocenters. The molecular weight excluding hydrogens is 282 g/mol.